The van der Waals surface area contributed by atoms with Crippen LogP contribution in [0.3, 0.4) is 0 Å². The molecule has 0 aliphatic heterocycles. The minimum atomic E-state index is 0.0568. The summed E-state index contributed by atoms with van der Waals surface area (Å²) in [4.78, 5) is 16.1. The number of anilines is 1. The lowest BCUT2D eigenvalue weighted by Gasteiger charge is -2.17. The van der Waals surface area contributed by atoms with Crippen molar-refractivity contribution in [3.05, 3.63) is 42.0 Å². The van der Waals surface area contributed by atoms with Gasteiger partial charge in [-0.25, -0.2) is 0 Å². The second-order valence-electron chi connectivity index (χ2n) is 6.56. The topological polar surface area (TPSA) is 65.5 Å². The van der Waals surface area contributed by atoms with Crippen LogP contribution in [0.2, 0.25) is 0 Å². The van der Waals surface area contributed by atoms with E-state index in [4.69, 9.17) is 0 Å². The van der Waals surface area contributed by atoms with E-state index in [0.717, 1.165) is 30.1 Å². The van der Waals surface area contributed by atoms with E-state index in [2.05, 4.69) is 33.1 Å². The lowest BCUT2D eigenvalue weighted by atomic mass is 10.1. The summed E-state index contributed by atoms with van der Waals surface area (Å²) in [7, 11) is 1.78. The molecule has 1 aliphatic rings. The van der Waals surface area contributed by atoms with Gasteiger partial charge in [-0.1, -0.05) is 38.1 Å². The van der Waals surface area contributed by atoms with E-state index in [0.29, 0.717) is 24.9 Å². The van der Waals surface area contributed by atoms with Crippen molar-refractivity contribution >= 4 is 17.6 Å². The van der Waals surface area contributed by atoms with E-state index < -0.39 is 0 Å². The molecular formula is C19H28N4O. The third-order valence-electron chi connectivity index (χ3n) is 3.84. The lowest BCUT2D eigenvalue weighted by molar-refractivity contribution is -0.116. The largest absolute Gasteiger partial charge is 0.353 e. The fraction of sp³-hybridized carbons (Fsp3) is 0.474. The number of carbonyl (C=O) groups excluding carboxylic acids is 1. The molecule has 130 valence electrons. The molecule has 24 heavy (non-hydrogen) atoms. The Kier molecular flexibility index (Phi) is 6.85. The van der Waals surface area contributed by atoms with Crippen molar-refractivity contribution in [2.75, 3.05) is 12.4 Å². The normalized spacial score (nSPS) is 14.9. The molecule has 1 aliphatic carbocycles. The average molecular weight is 328 g/mol. The maximum atomic E-state index is 11.9. The summed E-state index contributed by atoms with van der Waals surface area (Å²) in [6, 6.07) is 8.33. The van der Waals surface area contributed by atoms with Crippen LogP contribution in [0.1, 0.15) is 38.7 Å². The molecule has 0 saturated carbocycles. The number of hydrogen-bond acceptors (Lipinski definition) is 2. The molecule has 0 fully saturated rings. The number of guanidine groups is 1. The van der Waals surface area contributed by atoms with Crippen LogP contribution in [-0.4, -0.2) is 25.0 Å². The van der Waals surface area contributed by atoms with Crippen molar-refractivity contribution in [3.63, 3.8) is 0 Å². The Bertz CT molecular complexity index is 599. The van der Waals surface area contributed by atoms with E-state index in [1.54, 1.807) is 7.05 Å². The number of hydrogen-bond donors (Lipinski definition) is 3. The van der Waals surface area contributed by atoms with Gasteiger partial charge in [-0.3, -0.25) is 9.79 Å². The fourth-order valence-electron chi connectivity index (χ4n) is 2.65. The summed E-state index contributed by atoms with van der Waals surface area (Å²) in [5.41, 5.74) is 1.94. The van der Waals surface area contributed by atoms with Crippen LogP contribution in [0.5, 0.6) is 0 Å². The molecular weight excluding hydrogens is 300 g/mol. The van der Waals surface area contributed by atoms with Crippen molar-refractivity contribution in [1.29, 1.82) is 0 Å². The van der Waals surface area contributed by atoms with Crippen LogP contribution in [0.15, 0.2) is 41.4 Å². The van der Waals surface area contributed by atoms with Crippen LogP contribution < -0.4 is 16.0 Å². The first-order valence-electron chi connectivity index (χ1n) is 8.57. The molecule has 0 aromatic heterocycles. The minimum absolute atomic E-state index is 0.0568. The van der Waals surface area contributed by atoms with Gasteiger partial charge in [0.05, 0.1) is 0 Å². The average Bonchev–Trinajstić information content (AvgIpc) is 3.04. The molecule has 1 aromatic rings. The zero-order valence-corrected chi connectivity index (χ0v) is 14.8. The van der Waals surface area contributed by atoms with E-state index >= 15 is 0 Å². The third kappa shape index (κ3) is 6.07. The van der Waals surface area contributed by atoms with Gasteiger partial charge in [-0.2, -0.15) is 0 Å². The van der Waals surface area contributed by atoms with Crippen LogP contribution in [0, 0.1) is 5.92 Å². The van der Waals surface area contributed by atoms with Gasteiger partial charge in [0.2, 0.25) is 5.91 Å². The molecule has 1 aromatic carbocycles. The van der Waals surface area contributed by atoms with Crippen LogP contribution in [-0.2, 0) is 11.3 Å². The number of benzene rings is 1. The molecule has 0 saturated heterocycles. The van der Waals surface area contributed by atoms with Gasteiger partial charge in [0.15, 0.2) is 5.96 Å². The van der Waals surface area contributed by atoms with Gasteiger partial charge in [0.1, 0.15) is 0 Å². The van der Waals surface area contributed by atoms with Crippen LogP contribution in [0.4, 0.5) is 5.69 Å². The summed E-state index contributed by atoms with van der Waals surface area (Å²) in [5, 5.41) is 9.69. The first-order chi connectivity index (χ1) is 11.6. The highest BCUT2D eigenvalue weighted by atomic mass is 16.1. The molecule has 0 bridgehead atoms. The summed E-state index contributed by atoms with van der Waals surface area (Å²) in [6.45, 7) is 4.74. The minimum Gasteiger partial charge on any atom is -0.353 e. The van der Waals surface area contributed by atoms with Crippen LogP contribution >= 0.6 is 0 Å². The lowest BCUT2D eigenvalue weighted by Crippen LogP contribution is -2.42. The number of carbonyl (C=O) groups is 1. The molecule has 0 unspecified atom stereocenters. The summed E-state index contributed by atoms with van der Waals surface area (Å²) >= 11 is 0. The quantitative estimate of drug-likeness (QED) is 0.427. The van der Waals surface area contributed by atoms with Crippen molar-refractivity contribution in [3.8, 4) is 0 Å². The predicted octanol–water partition coefficient (Wildman–Crippen LogP) is 3.05. The monoisotopic (exact) mass is 328 g/mol. The first-order valence-corrected chi connectivity index (χ1v) is 8.57. The molecule has 3 N–H and O–H groups in total. The number of aliphatic imine (C=N–C) groups is 1. The van der Waals surface area contributed by atoms with Crippen molar-refractivity contribution < 1.29 is 4.79 Å². The smallest absolute Gasteiger partial charge is 0.224 e. The molecule has 0 atom stereocenters. The maximum Gasteiger partial charge on any atom is 0.224 e. The van der Waals surface area contributed by atoms with E-state index in [9.17, 15) is 4.79 Å². The molecule has 0 heterocycles. The summed E-state index contributed by atoms with van der Waals surface area (Å²) in [5.74, 6) is 1.22. The standard InChI is InChI=1S/C19H28N4O/c1-14(2)11-18(24)22-17-10-6-7-15(12-17)13-21-19(20-3)23-16-8-4-5-9-16/h4-7,10,12,14,16H,8-9,11,13H2,1-3H3,(H,22,24)(H2,20,21,23). The molecule has 1 amide bonds. The first kappa shape index (κ1) is 18.0. The number of amides is 1. The Hall–Kier alpha value is -2.30. The highest BCUT2D eigenvalue weighted by molar-refractivity contribution is 5.90. The maximum absolute atomic E-state index is 11.9. The van der Waals surface area contributed by atoms with Crippen molar-refractivity contribution in [1.82, 2.24) is 10.6 Å². The molecule has 5 heteroatoms. The van der Waals surface area contributed by atoms with Gasteiger partial charge >= 0.3 is 0 Å². The molecule has 2 rings (SSSR count). The second kappa shape index (κ2) is 9.11. The molecule has 0 radical (unpaired) electrons. The van der Waals surface area contributed by atoms with Gasteiger partial charge in [-0.15, -0.1) is 0 Å². The Balaban J connectivity index is 1.85. The predicted molar refractivity (Wildman–Crippen MR) is 100 cm³/mol. The van der Waals surface area contributed by atoms with E-state index in [1.807, 2.05) is 38.1 Å². The van der Waals surface area contributed by atoms with Gasteiger partial charge in [-0.05, 0) is 36.5 Å². The Morgan fingerprint density at radius 3 is 2.71 bits per heavy atom. The molecule has 0 spiro atoms. The number of nitrogens with zero attached hydrogens (tertiary/aromatic N) is 1. The second-order valence-corrected chi connectivity index (χ2v) is 6.56. The van der Waals surface area contributed by atoms with Crippen LogP contribution in [0.25, 0.3) is 0 Å². The zero-order chi connectivity index (χ0) is 17.4. The van der Waals surface area contributed by atoms with Gasteiger partial charge in [0, 0.05) is 31.7 Å². The number of nitrogens with one attached hydrogen (secondary N) is 3. The fourth-order valence-corrected chi connectivity index (χ4v) is 2.65. The van der Waals surface area contributed by atoms with Crippen molar-refractivity contribution in [2.24, 2.45) is 10.9 Å². The summed E-state index contributed by atoms with van der Waals surface area (Å²) < 4.78 is 0. The summed E-state index contributed by atoms with van der Waals surface area (Å²) in [6.07, 6.45) is 6.99. The van der Waals surface area contributed by atoms with Crippen molar-refractivity contribution in [2.45, 2.75) is 45.7 Å². The highest BCUT2D eigenvalue weighted by Gasteiger charge is 2.11. The highest BCUT2D eigenvalue weighted by Crippen LogP contribution is 2.12. The van der Waals surface area contributed by atoms with Gasteiger partial charge < -0.3 is 16.0 Å². The zero-order valence-electron chi connectivity index (χ0n) is 14.8. The number of rotatable bonds is 6. The Labute approximate surface area is 144 Å². The van der Waals surface area contributed by atoms with E-state index in [-0.39, 0.29) is 5.91 Å². The molecule has 5 nitrogen and oxygen atoms in total. The van der Waals surface area contributed by atoms with E-state index in [1.165, 1.54) is 0 Å². The third-order valence-corrected chi connectivity index (χ3v) is 3.84. The Morgan fingerprint density at radius 1 is 1.29 bits per heavy atom. The van der Waals surface area contributed by atoms with Gasteiger partial charge in [0.25, 0.3) is 0 Å². The SMILES string of the molecule is CN=C(NCc1cccc(NC(=O)CC(C)C)c1)NC1CC=CC1. The Morgan fingerprint density at radius 2 is 2.04 bits per heavy atom.